The molecule has 0 saturated carbocycles. The third-order valence-corrected chi connectivity index (χ3v) is 4.16. The second-order valence-corrected chi connectivity index (χ2v) is 5.57. The molecule has 0 spiro atoms. The van der Waals surface area contributed by atoms with E-state index in [1.54, 1.807) is 0 Å². The van der Waals surface area contributed by atoms with Gasteiger partial charge in [0, 0.05) is 7.05 Å². The molecule has 0 aliphatic carbocycles. The smallest absolute Gasteiger partial charge is 0.131 e. The first-order valence-corrected chi connectivity index (χ1v) is 7.46. The van der Waals surface area contributed by atoms with E-state index in [0.29, 0.717) is 17.3 Å². The summed E-state index contributed by atoms with van der Waals surface area (Å²) in [4.78, 5) is 0.332. The summed E-state index contributed by atoms with van der Waals surface area (Å²) in [7, 11) is 1.90. The summed E-state index contributed by atoms with van der Waals surface area (Å²) in [5, 5.41) is 4.44. The van der Waals surface area contributed by atoms with E-state index in [4.69, 9.17) is 22.7 Å². The van der Waals surface area contributed by atoms with Gasteiger partial charge in [0.05, 0.1) is 21.4 Å². The van der Waals surface area contributed by atoms with Crippen LogP contribution in [0.3, 0.4) is 0 Å². The van der Waals surface area contributed by atoms with Crippen LogP contribution in [0.2, 0.25) is 0 Å². The van der Waals surface area contributed by atoms with E-state index in [9.17, 15) is 0 Å². The standard InChI is InChI=1S/C14H16BrN3OS/c1-3-10-13(15)11(18(2)17-10)8-19-12-7-5-4-6-9(12)14(16)20/h4-7H,3,8H2,1-2H3,(H2,16,20). The van der Waals surface area contributed by atoms with Crippen LogP contribution in [0.25, 0.3) is 0 Å². The fourth-order valence-corrected chi connectivity index (χ4v) is 2.82. The molecule has 1 heterocycles. The Morgan fingerprint density at radius 1 is 1.45 bits per heavy atom. The summed E-state index contributed by atoms with van der Waals surface area (Å²) < 4.78 is 8.67. The van der Waals surface area contributed by atoms with Crippen LogP contribution in [-0.4, -0.2) is 14.8 Å². The fraction of sp³-hybridized carbons (Fsp3) is 0.286. The normalized spacial score (nSPS) is 10.6. The minimum atomic E-state index is 0.332. The van der Waals surface area contributed by atoms with Crippen molar-refractivity contribution in [2.75, 3.05) is 0 Å². The van der Waals surface area contributed by atoms with Crippen molar-refractivity contribution in [3.8, 4) is 5.75 Å². The highest BCUT2D eigenvalue weighted by atomic mass is 79.9. The van der Waals surface area contributed by atoms with E-state index >= 15 is 0 Å². The Kier molecular flexibility index (Phi) is 4.77. The molecular formula is C14H16BrN3OS. The first kappa shape index (κ1) is 15.0. The highest BCUT2D eigenvalue weighted by Crippen LogP contribution is 2.24. The fourth-order valence-electron chi connectivity index (χ4n) is 1.92. The monoisotopic (exact) mass is 353 g/mol. The van der Waals surface area contributed by atoms with Crippen LogP contribution in [0.5, 0.6) is 5.75 Å². The van der Waals surface area contributed by atoms with E-state index in [0.717, 1.165) is 27.8 Å². The van der Waals surface area contributed by atoms with Crippen molar-refractivity contribution < 1.29 is 4.74 Å². The number of ether oxygens (including phenoxy) is 1. The van der Waals surface area contributed by atoms with Crippen LogP contribution in [0.15, 0.2) is 28.7 Å². The van der Waals surface area contributed by atoms with Gasteiger partial charge in [0.15, 0.2) is 0 Å². The molecule has 0 fully saturated rings. The van der Waals surface area contributed by atoms with Gasteiger partial charge in [-0.2, -0.15) is 5.10 Å². The van der Waals surface area contributed by atoms with Crippen molar-refractivity contribution in [2.45, 2.75) is 20.0 Å². The Labute approximate surface area is 132 Å². The molecule has 0 atom stereocenters. The molecule has 106 valence electrons. The Morgan fingerprint density at radius 3 is 2.75 bits per heavy atom. The Morgan fingerprint density at radius 2 is 2.15 bits per heavy atom. The van der Waals surface area contributed by atoms with E-state index < -0.39 is 0 Å². The lowest BCUT2D eigenvalue weighted by Crippen LogP contribution is -2.12. The number of nitrogens with two attached hydrogens (primary N) is 1. The maximum absolute atomic E-state index is 5.85. The van der Waals surface area contributed by atoms with Gasteiger partial charge in [0.25, 0.3) is 0 Å². The third kappa shape index (κ3) is 3.02. The SMILES string of the molecule is CCc1nn(C)c(COc2ccccc2C(N)=S)c1Br. The summed E-state index contributed by atoms with van der Waals surface area (Å²) >= 11 is 8.60. The Balaban J connectivity index is 2.21. The zero-order valence-electron chi connectivity index (χ0n) is 11.4. The van der Waals surface area contributed by atoms with Crippen LogP contribution in [-0.2, 0) is 20.1 Å². The van der Waals surface area contributed by atoms with Crippen molar-refractivity contribution in [3.05, 3.63) is 45.7 Å². The molecule has 0 unspecified atom stereocenters. The number of benzene rings is 1. The van der Waals surface area contributed by atoms with E-state index in [1.165, 1.54) is 0 Å². The number of halogens is 1. The summed E-state index contributed by atoms with van der Waals surface area (Å²) in [5.41, 5.74) is 8.45. The molecule has 2 rings (SSSR count). The number of thiocarbonyl (C=S) groups is 1. The molecule has 1 aromatic carbocycles. The Hall–Kier alpha value is -1.40. The average Bonchev–Trinajstić information content (AvgIpc) is 2.71. The minimum absolute atomic E-state index is 0.332. The van der Waals surface area contributed by atoms with Gasteiger partial charge in [0.1, 0.15) is 17.3 Å². The van der Waals surface area contributed by atoms with Crippen molar-refractivity contribution in [3.63, 3.8) is 0 Å². The molecule has 0 bridgehead atoms. The van der Waals surface area contributed by atoms with Crippen molar-refractivity contribution in [2.24, 2.45) is 12.8 Å². The van der Waals surface area contributed by atoms with E-state index in [1.807, 2.05) is 36.0 Å². The van der Waals surface area contributed by atoms with Gasteiger partial charge < -0.3 is 10.5 Å². The molecule has 1 aromatic heterocycles. The van der Waals surface area contributed by atoms with Gasteiger partial charge in [-0.3, -0.25) is 4.68 Å². The number of rotatable bonds is 5. The van der Waals surface area contributed by atoms with E-state index in [2.05, 4.69) is 28.0 Å². The molecule has 2 aromatic rings. The van der Waals surface area contributed by atoms with E-state index in [-0.39, 0.29) is 0 Å². The quantitative estimate of drug-likeness (QED) is 0.839. The van der Waals surface area contributed by atoms with Crippen LogP contribution in [0, 0.1) is 0 Å². The van der Waals surface area contributed by atoms with Gasteiger partial charge in [0.2, 0.25) is 0 Å². The van der Waals surface area contributed by atoms with Gasteiger partial charge in [-0.1, -0.05) is 31.3 Å². The number of nitrogens with zero attached hydrogens (tertiary/aromatic N) is 2. The number of hydrogen-bond acceptors (Lipinski definition) is 3. The number of para-hydroxylation sites is 1. The first-order valence-electron chi connectivity index (χ1n) is 6.26. The molecule has 0 saturated heterocycles. The molecule has 4 nitrogen and oxygen atoms in total. The predicted octanol–water partition coefficient (Wildman–Crippen LogP) is 2.96. The molecule has 0 aliphatic heterocycles. The van der Waals surface area contributed by atoms with Crippen molar-refractivity contribution in [1.29, 1.82) is 0 Å². The molecule has 2 N–H and O–H groups in total. The lowest BCUT2D eigenvalue weighted by atomic mass is 10.2. The lowest BCUT2D eigenvalue weighted by Gasteiger charge is -2.10. The minimum Gasteiger partial charge on any atom is -0.487 e. The van der Waals surface area contributed by atoms with Crippen LogP contribution >= 0.6 is 28.1 Å². The van der Waals surface area contributed by atoms with Gasteiger partial charge in [-0.25, -0.2) is 0 Å². The molecular weight excluding hydrogens is 338 g/mol. The predicted molar refractivity (Wildman–Crippen MR) is 86.9 cm³/mol. The zero-order chi connectivity index (χ0) is 14.7. The summed E-state index contributed by atoms with van der Waals surface area (Å²) in [6, 6.07) is 7.50. The highest BCUT2D eigenvalue weighted by molar-refractivity contribution is 9.10. The number of aromatic nitrogens is 2. The first-order chi connectivity index (χ1) is 9.54. The van der Waals surface area contributed by atoms with Gasteiger partial charge in [-0.05, 0) is 34.5 Å². The van der Waals surface area contributed by atoms with Crippen LogP contribution in [0.1, 0.15) is 23.9 Å². The summed E-state index contributed by atoms with van der Waals surface area (Å²) in [5.74, 6) is 0.686. The molecule has 0 radical (unpaired) electrons. The van der Waals surface area contributed by atoms with Crippen molar-refractivity contribution >= 4 is 33.1 Å². The molecule has 0 aliphatic rings. The molecule has 0 amide bonds. The lowest BCUT2D eigenvalue weighted by molar-refractivity contribution is 0.293. The number of hydrogen-bond donors (Lipinski definition) is 1. The maximum atomic E-state index is 5.85. The van der Waals surface area contributed by atoms with Gasteiger partial charge in [-0.15, -0.1) is 0 Å². The topological polar surface area (TPSA) is 53.1 Å². The summed E-state index contributed by atoms with van der Waals surface area (Å²) in [6.07, 6.45) is 0.873. The molecule has 20 heavy (non-hydrogen) atoms. The Bertz CT molecular complexity index is 639. The second kappa shape index (κ2) is 6.37. The number of aryl methyl sites for hydroxylation is 2. The largest absolute Gasteiger partial charge is 0.487 e. The average molecular weight is 354 g/mol. The highest BCUT2D eigenvalue weighted by Gasteiger charge is 2.14. The van der Waals surface area contributed by atoms with Crippen LogP contribution in [0.4, 0.5) is 0 Å². The molecule has 6 heteroatoms. The van der Waals surface area contributed by atoms with Gasteiger partial charge >= 0.3 is 0 Å². The van der Waals surface area contributed by atoms with Crippen LogP contribution < -0.4 is 10.5 Å². The summed E-state index contributed by atoms with van der Waals surface area (Å²) in [6.45, 7) is 2.48. The second-order valence-electron chi connectivity index (χ2n) is 4.33. The third-order valence-electron chi connectivity index (χ3n) is 3.02. The zero-order valence-corrected chi connectivity index (χ0v) is 13.8. The van der Waals surface area contributed by atoms with Crippen molar-refractivity contribution in [1.82, 2.24) is 9.78 Å². The maximum Gasteiger partial charge on any atom is 0.131 e.